The van der Waals surface area contributed by atoms with Crippen LogP contribution >= 0.6 is 0 Å². The Balaban J connectivity index is 3.55. The van der Waals surface area contributed by atoms with Crippen molar-refractivity contribution in [2.45, 2.75) is 33.2 Å². The Morgan fingerprint density at radius 3 is 2.25 bits per heavy atom. The molecule has 5 nitrogen and oxygen atoms in total. The molecule has 0 amide bonds. The lowest BCUT2D eigenvalue weighted by Crippen LogP contribution is -2.42. The second-order valence-electron chi connectivity index (χ2n) is 4.55. The molecule has 0 aliphatic rings. The van der Waals surface area contributed by atoms with Gasteiger partial charge in [-0.3, -0.25) is 9.59 Å². The summed E-state index contributed by atoms with van der Waals surface area (Å²) in [7, 11) is 0. The molecule has 0 fully saturated rings. The molecule has 0 aromatic rings. The molecule has 0 aromatic carbocycles. The standard InChI is InChI=1S/C11H22N2O3/c1-5-16-10(15)8-12-6-9(14)7-13-11(2,3)4/h12-13H,5-8H2,1-4H3. The van der Waals surface area contributed by atoms with Crippen LogP contribution in [0.2, 0.25) is 0 Å². The molecule has 0 rings (SSSR count). The maximum atomic E-state index is 11.4. The minimum Gasteiger partial charge on any atom is -0.465 e. The van der Waals surface area contributed by atoms with E-state index in [1.807, 2.05) is 20.8 Å². The van der Waals surface area contributed by atoms with Crippen LogP contribution in [0, 0.1) is 0 Å². The van der Waals surface area contributed by atoms with Crippen LogP contribution in [0.1, 0.15) is 27.7 Å². The molecule has 2 N–H and O–H groups in total. The predicted molar refractivity (Wildman–Crippen MR) is 62.3 cm³/mol. The zero-order chi connectivity index (χ0) is 12.6. The van der Waals surface area contributed by atoms with Gasteiger partial charge in [0.05, 0.1) is 26.2 Å². The minimum atomic E-state index is -0.334. The fraction of sp³-hybridized carbons (Fsp3) is 0.818. The highest BCUT2D eigenvalue weighted by molar-refractivity contribution is 5.83. The van der Waals surface area contributed by atoms with E-state index >= 15 is 0 Å². The van der Waals surface area contributed by atoms with Gasteiger partial charge in [-0.1, -0.05) is 0 Å². The number of nitrogens with one attached hydrogen (secondary N) is 2. The normalized spacial score (nSPS) is 11.2. The van der Waals surface area contributed by atoms with Crippen LogP contribution in [0.25, 0.3) is 0 Å². The largest absolute Gasteiger partial charge is 0.465 e. The van der Waals surface area contributed by atoms with Crippen LogP contribution in [-0.2, 0) is 14.3 Å². The quantitative estimate of drug-likeness (QED) is 0.607. The van der Waals surface area contributed by atoms with E-state index in [1.165, 1.54) is 0 Å². The number of ether oxygens (including phenoxy) is 1. The highest BCUT2D eigenvalue weighted by Crippen LogP contribution is 1.96. The summed E-state index contributed by atoms with van der Waals surface area (Å²) in [5.41, 5.74) is -0.0726. The van der Waals surface area contributed by atoms with E-state index in [4.69, 9.17) is 4.74 Å². The predicted octanol–water partition coefficient (Wildman–Crippen LogP) is 0.0963. The molecule has 5 heteroatoms. The number of rotatable bonds is 7. The lowest BCUT2D eigenvalue weighted by molar-refractivity contribution is -0.142. The SMILES string of the molecule is CCOC(=O)CNCC(=O)CNC(C)(C)C. The van der Waals surface area contributed by atoms with Crippen molar-refractivity contribution < 1.29 is 14.3 Å². The van der Waals surface area contributed by atoms with E-state index in [9.17, 15) is 9.59 Å². The van der Waals surface area contributed by atoms with Crippen molar-refractivity contribution in [1.82, 2.24) is 10.6 Å². The summed E-state index contributed by atoms with van der Waals surface area (Å²) in [6, 6.07) is 0. The summed E-state index contributed by atoms with van der Waals surface area (Å²) in [5.74, 6) is -0.307. The summed E-state index contributed by atoms with van der Waals surface area (Å²) in [5, 5.41) is 5.82. The first-order valence-corrected chi connectivity index (χ1v) is 5.48. The molecule has 0 aliphatic carbocycles. The Kier molecular flexibility index (Phi) is 6.92. The van der Waals surface area contributed by atoms with Crippen molar-refractivity contribution in [2.75, 3.05) is 26.2 Å². The van der Waals surface area contributed by atoms with E-state index in [1.54, 1.807) is 6.92 Å². The Hall–Kier alpha value is -0.940. The smallest absolute Gasteiger partial charge is 0.319 e. The van der Waals surface area contributed by atoms with Crippen molar-refractivity contribution in [3.8, 4) is 0 Å². The van der Waals surface area contributed by atoms with Crippen LogP contribution in [-0.4, -0.2) is 43.5 Å². The van der Waals surface area contributed by atoms with Crippen LogP contribution in [0.15, 0.2) is 0 Å². The lowest BCUT2D eigenvalue weighted by Gasteiger charge is -2.19. The Labute approximate surface area is 96.9 Å². The molecule has 0 spiro atoms. The van der Waals surface area contributed by atoms with Crippen molar-refractivity contribution in [3.63, 3.8) is 0 Å². The van der Waals surface area contributed by atoms with Crippen molar-refractivity contribution in [2.24, 2.45) is 0 Å². The van der Waals surface area contributed by atoms with E-state index < -0.39 is 0 Å². The van der Waals surface area contributed by atoms with E-state index in [-0.39, 0.29) is 30.4 Å². The van der Waals surface area contributed by atoms with Crippen LogP contribution < -0.4 is 10.6 Å². The number of carbonyl (C=O) groups is 2. The molecule has 0 radical (unpaired) electrons. The summed E-state index contributed by atoms with van der Waals surface area (Å²) in [6.45, 7) is 8.65. The third-order valence-electron chi connectivity index (χ3n) is 1.71. The van der Waals surface area contributed by atoms with Crippen LogP contribution in [0.4, 0.5) is 0 Å². The van der Waals surface area contributed by atoms with Gasteiger partial charge in [-0.05, 0) is 27.7 Å². The number of carbonyl (C=O) groups excluding carboxylic acids is 2. The van der Waals surface area contributed by atoms with Gasteiger partial charge < -0.3 is 15.4 Å². The summed E-state index contributed by atoms with van der Waals surface area (Å²) < 4.78 is 4.71. The second-order valence-corrected chi connectivity index (χ2v) is 4.55. The molecule has 0 unspecified atom stereocenters. The van der Waals surface area contributed by atoms with Crippen molar-refractivity contribution in [1.29, 1.82) is 0 Å². The number of esters is 1. The number of hydrogen-bond acceptors (Lipinski definition) is 5. The molecule has 0 saturated heterocycles. The van der Waals surface area contributed by atoms with Gasteiger partial charge in [-0.15, -0.1) is 0 Å². The van der Waals surface area contributed by atoms with Gasteiger partial charge in [0.25, 0.3) is 0 Å². The van der Waals surface area contributed by atoms with E-state index in [0.29, 0.717) is 13.2 Å². The van der Waals surface area contributed by atoms with E-state index in [2.05, 4.69) is 10.6 Å². The monoisotopic (exact) mass is 230 g/mol. The maximum absolute atomic E-state index is 11.4. The zero-order valence-corrected chi connectivity index (χ0v) is 10.6. The van der Waals surface area contributed by atoms with Gasteiger partial charge in [0.1, 0.15) is 0 Å². The average Bonchev–Trinajstić information content (AvgIpc) is 2.14. The summed E-state index contributed by atoms with van der Waals surface area (Å²) in [6.07, 6.45) is 0. The number of Topliss-reactive ketones (excluding diaryl/α,β-unsaturated/α-hetero) is 1. The van der Waals surface area contributed by atoms with Crippen molar-refractivity contribution in [3.05, 3.63) is 0 Å². The third kappa shape index (κ3) is 9.61. The summed E-state index contributed by atoms with van der Waals surface area (Å²) in [4.78, 5) is 22.3. The van der Waals surface area contributed by atoms with Gasteiger partial charge in [0.15, 0.2) is 5.78 Å². The Morgan fingerprint density at radius 2 is 1.75 bits per heavy atom. The highest BCUT2D eigenvalue weighted by atomic mass is 16.5. The van der Waals surface area contributed by atoms with Crippen molar-refractivity contribution >= 4 is 11.8 Å². The molecule has 16 heavy (non-hydrogen) atoms. The first-order valence-electron chi connectivity index (χ1n) is 5.48. The molecule has 94 valence electrons. The van der Waals surface area contributed by atoms with Gasteiger partial charge in [0.2, 0.25) is 0 Å². The fourth-order valence-corrected chi connectivity index (χ4v) is 0.942. The number of hydrogen-bond donors (Lipinski definition) is 2. The molecular formula is C11H22N2O3. The molecule has 0 aliphatic heterocycles. The number of ketones is 1. The van der Waals surface area contributed by atoms with Crippen LogP contribution in [0.3, 0.4) is 0 Å². The van der Waals surface area contributed by atoms with Crippen LogP contribution in [0.5, 0.6) is 0 Å². The minimum absolute atomic E-state index is 0.0271. The second kappa shape index (κ2) is 7.35. The zero-order valence-electron chi connectivity index (χ0n) is 10.6. The third-order valence-corrected chi connectivity index (χ3v) is 1.71. The first kappa shape index (κ1) is 15.1. The van der Waals surface area contributed by atoms with Gasteiger partial charge in [-0.25, -0.2) is 0 Å². The van der Waals surface area contributed by atoms with Gasteiger partial charge in [-0.2, -0.15) is 0 Å². The highest BCUT2D eigenvalue weighted by Gasteiger charge is 2.11. The lowest BCUT2D eigenvalue weighted by atomic mass is 10.1. The molecule has 0 bridgehead atoms. The molecule has 0 heterocycles. The fourth-order valence-electron chi connectivity index (χ4n) is 0.942. The molecule has 0 aromatic heterocycles. The average molecular weight is 230 g/mol. The molecular weight excluding hydrogens is 208 g/mol. The Morgan fingerprint density at radius 1 is 1.12 bits per heavy atom. The Bertz CT molecular complexity index is 234. The topological polar surface area (TPSA) is 67.4 Å². The maximum Gasteiger partial charge on any atom is 0.319 e. The van der Waals surface area contributed by atoms with E-state index in [0.717, 1.165) is 0 Å². The van der Waals surface area contributed by atoms with Gasteiger partial charge in [0, 0.05) is 5.54 Å². The summed E-state index contributed by atoms with van der Waals surface area (Å²) >= 11 is 0. The molecule has 0 saturated carbocycles. The first-order chi connectivity index (χ1) is 7.35. The van der Waals surface area contributed by atoms with Gasteiger partial charge >= 0.3 is 5.97 Å². The molecule has 0 atom stereocenters.